The molecular formula is C18H17N3O5S. The van der Waals surface area contributed by atoms with Gasteiger partial charge in [-0.3, -0.25) is 14.1 Å². The van der Waals surface area contributed by atoms with E-state index < -0.39 is 15.8 Å². The number of fused-ring (bicyclic) bond motifs is 2. The van der Waals surface area contributed by atoms with E-state index in [0.717, 1.165) is 11.3 Å². The standard InChI is InChI=1S/C18H17N3O5S/c1-11(22)21-8-7-12-9-14(4-6-15(12)21)27(24,25)19-13-3-5-16-17(10-13)26-18(23)20(16)2/h3-6,9-10,19H,7-8H2,1-2H3. The van der Waals surface area contributed by atoms with Gasteiger partial charge in [-0.2, -0.15) is 0 Å². The summed E-state index contributed by atoms with van der Waals surface area (Å²) >= 11 is 0. The van der Waals surface area contributed by atoms with E-state index in [9.17, 15) is 18.0 Å². The van der Waals surface area contributed by atoms with Crippen molar-refractivity contribution in [1.29, 1.82) is 0 Å². The number of nitrogens with zero attached hydrogens (tertiary/aromatic N) is 2. The number of carbonyl (C=O) groups is 1. The van der Waals surface area contributed by atoms with Crippen LogP contribution in [0.15, 0.2) is 50.5 Å². The van der Waals surface area contributed by atoms with Gasteiger partial charge in [-0.05, 0) is 42.3 Å². The fraction of sp³-hybridized carbons (Fsp3) is 0.222. The number of aryl methyl sites for hydroxylation is 1. The van der Waals surface area contributed by atoms with E-state index in [-0.39, 0.29) is 10.8 Å². The molecule has 0 atom stereocenters. The normalized spacial score (nSPS) is 13.8. The van der Waals surface area contributed by atoms with E-state index in [4.69, 9.17) is 4.42 Å². The Labute approximate surface area is 155 Å². The second kappa shape index (κ2) is 5.98. The molecule has 2 aromatic carbocycles. The minimum atomic E-state index is -3.82. The Bertz CT molecular complexity index is 1240. The summed E-state index contributed by atoms with van der Waals surface area (Å²) in [4.78, 5) is 24.9. The van der Waals surface area contributed by atoms with Crippen LogP contribution in [0.2, 0.25) is 0 Å². The van der Waals surface area contributed by atoms with Crippen molar-refractivity contribution in [2.75, 3.05) is 16.2 Å². The van der Waals surface area contributed by atoms with Crippen LogP contribution in [-0.2, 0) is 28.3 Å². The Kier molecular flexibility index (Phi) is 3.84. The zero-order valence-electron chi connectivity index (χ0n) is 14.7. The van der Waals surface area contributed by atoms with Gasteiger partial charge in [-0.15, -0.1) is 0 Å². The lowest BCUT2D eigenvalue weighted by molar-refractivity contribution is -0.116. The minimum Gasteiger partial charge on any atom is -0.408 e. The topological polar surface area (TPSA) is 102 Å². The molecule has 1 aliphatic rings. The van der Waals surface area contributed by atoms with Crippen molar-refractivity contribution in [3.05, 3.63) is 52.5 Å². The summed E-state index contributed by atoms with van der Waals surface area (Å²) in [6.07, 6.45) is 0.611. The van der Waals surface area contributed by atoms with Crippen molar-refractivity contribution in [3.8, 4) is 0 Å². The number of hydrogen-bond donors (Lipinski definition) is 1. The molecule has 4 rings (SSSR count). The van der Waals surface area contributed by atoms with Gasteiger partial charge in [0.25, 0.3) is 10.0 Å². The smallest absolute Gasteiger partial charge is 0.408 e. The van der Waals surface area contributed by atoms with Crippen molar-refractivity contribution < 1.29 is 17.6 Å². The summed E-state index contributed by atoms with van der Waals surface area (Å²) in [6.45, 7) is 2.03. The third kappa shape index (κ3) is 2.89. The first kappa shape index (κ1) is 17.3. The van der Waals surface area contributed by atoms with Crippen LogP contribution in [0.4, 0.5) is 11.4 Å². The van der Waals surface area contributed by atoms with Gasteiger partial charge in [-0.25, -0.2) is 13.2 Å². The number of anilines is 2. The molecule has 1 amide bonds. The number of amides is 1. The molecule has 27 heavy (non-hydrogen) atoms. The highest BCUT2D eigenvalue weighted by molar-refractivity contribution is 7.92. The highest BCUT2D eigenvalue weighted by atomic mass is 32.2. The lowest BCUT2D eigenvalue weighted by Gasteiger charge is -2.15. The number of aromatic nitrogens is 1. The monoisotopic (exact) mass is 387 g/mol. The molecule has 0 saturated heterocycles. The van der Waals surface area contributed by atoms with Crippen LogP contribution in [0.1, 0.15) is 12.5 Å². The van der Waals surface area contributed by atoms with Gasteiger partial charge in [0.05, 0.1) is 16.1 Å². The first-order valence-electron chi connectivity index (χ1n) is 8.30. The molecule has 140 valence electrons. The quantitative estimate of drug-likeness (QED) is 0.739. The Hall–Kier alpha value is -3.07. The summed E-state index contributed by atoms with van der Waals surface area (Å²) in [6, 6.07) is 9.37. The third-order valence-electron chi connectivity index (χ3n) is 4.68. The molecule has 0 aliphatic carbocycles. The van der Waals surface area contributed by atoms with Gasteiger partial charge in [0.1, 0.15) is 0 Å². The largest absolute Gasteiger partial charge is 0.419 e. The average molecular weight is 387 g/mol. The number of benzene rings is 2. The van der Waals surface area contributed by atoms with Crippen molar-refractivity contribution in [2.45, 2.75) is 18.2 Å². The number of nitrogens with one attached hydrogen (secondary N) is 1. The fourth-order valence-electron chi connectivity index (χ4n) is 3.28. The van der Waals surface area contributed by atoms with Crippen molar-refractivity contribution >= 4 is 38.4 Å². The van der Waals surface area contributed by atoms with E-state index >= 15 is 0 Å². The van der Waals surface area contributed by atoms with Crippen LogP contribution in [0.3, 0.4) is 0 Å². The predicted octanol–water partition coefficient (Wildman–Crippen LogP) is 1.84. The van der Waals surface area contributed by atoms with E-state index in [1.807, 2.05) is 0 Å². The van der Waals surface area contributed by atoms with Crippen LogP contribution in [0, 0.1) is 0 Å². The second-order valence-corrected chi connectivity index (χ2v) is 8.11. The number of sulfonamides is 1. The van der Waals surface area contributed by atoms with Gasteiger partial charge in [0, 0.05) is 32.3 Å². The predicted molar refractivity (Wildman–Crippen MR) is 100 cm³/mol. The molecule has 0 unspecified atom stereocenters. The molecule has 1 aromatic heterocycles. The lowest BCUT2D eigenvalue weighted by Crippen LogP contribution is -2.25. The first-order chi connectivity index (χ1) is 12.8. The minimum absolute atomic E-state index is 0.0693. The molecule has 0 fully saturated rings. The zero-order chi connectivity index (χ0) is 19.3. The van der Waals surface area contributed by atoms with Crippen molar-refractivity contribution in [3.63, 3.8) is 0 Å². The molecule has 0 spiro atoms. The van der Waals surface area contributed by atoms with Gasteiger partial charge in [-0.1, -0.05) is 0 Å². The van der Waals surface area contributed by atoms with Crippen LogP contribution in [0.5, 0.6) is 0 Å². The molecule has 1 aliphatic heterocycles. The Morgan fingerprint density at radius 2 is 1.96 bits per heavy atom. The molecule has 0 bridgehead atoms. The molecule has 0 radical (unpaired) electrons. The summed E-state index contributed by atoms with van der Waals surface area (Å²) < 4.78 is 34.4. The molecule has 3 aromatic rings. The summed E-state index contributed by atoms with van der Waals surface area (Å²) in [5, 5.41) is 0. The van der Waals surface area contributed by atoms with Crippen molar-refractivity contribution in [2.24, 2.45) is 7.05 Å². The number of oxazole rings is 1. The zero-order valence-corrected chi connectivity index (χ0v) is 15.5. The Morgan fingerprint density at radius 1 is 1.19 bits per heavy atom. The number of rotatable bonds is 3. The number of carbonyl (C=O) groups excluding carboxylic acids is 1. The highest BCUT2D eigenvalue weighted by Gasteiger charge is 2.25. The van der Waals surface area contributed by atoms with Crippen LogP contribution < -0.4 is 15.4 Å². The van der Waals surface area contributed by atoms with Crippen molar-refractivity contribution in [1.82, 2.24) is 4.57 Å². The molecule has 9 heteroatoms. The molecule has 0 saturated carbocycles. The Morgan fingerprint density at radius 3 is 2.70 bits per heavy atom. The van der Waals surface area contributed by atoms with E-state index in [0.29, 0.717) is 29.8 Å². The van der Waals surface area contributed by atoms with Crippen LogP contribution >= 0.6 is 0 Å². The molecule has 2 heterocycles. The maximum atomic E-state index is 12.7. The maximum absolute atomic E-state index is 12.7. The van der Waals surface area contributed by atoms with Gasteiger partial charge in [0.2, 0.25) is 5.91 Å². The molecule has 1 N–H and O–H groups in total. The SMILES string of the molecule is CC(=O)N1CCc2cc(S(=O)(=O)Nc3ccc4c(c3)oc(=O)n4C)ccc21. The van der Waals surface area contributed by atoms with Crippen LogP contribution in [0.25, 0.3) is 11.1 Å². The summed E-state index contributed by atoms with van der Waals surface area (Å²) in [7, 11) is -2.25. The second-order valence-electron chi connectivity index (χ2n) is 6.43. The van der Waals surface area contributed by atoms with E-state index in [1.165, 1.54) is 23.6 Å². The molecular weight excluding hydrogens is 370 g/mol. The fourth-order valence-corrected chi connectivity index (χ4v) is 4.38. The van der Waals surface area contributed by atoms with Crippen LogP contribution in [-0.4, -0.2) is 25.4 Å². The van der Waals surface area contributed by atoms with E-state index in [2.05, 4.69) is 4.72 Å². The van der Waals surface area contributed by atoms with Gasteiger partial charge >= 0.3 is 5.76 Å². The maximum Gasteiger partial charge on any atom is 0.419 e. The first-order valence-corrected chi connectivity index (χ1v) is 9.78. The van der Waals surface area contributed by atoms with Gasteiger partial charge < -0.3 is 9.32 Å². The van der Waals surface area contributed by atoms with E-state index in [1.54, 1.807) is 36.2 Å². The third-order valence-corrected chi connectivity index (χ3v) is 6.06. The van der Waals surface area contributed by atoms with Gasteiger partial charge in [0.15, 0.2) is 5.58 Å². The lowest BCUT2D eigenvalue weighted by atomic mass is 10.2. The average Bonchev–Trinajstić information content (AvgIpc) is 3.15. The summed E-state index contributed by atoms with van der Waals surface area (Å²) in [5.41, 5.74) is 2.73. The number of hydrogen-bond acceptors (Lipinski definition) is 5. The summed E-state index contributed by atoms with van der Waals surface area (Å²) in [5.74, 6) is -0.584. The Balaban J connectivity index is 1.66. The highest BCUT2D eigenvalue weighted by Crippen LogP contribution is 2.31. The molecule has 8 nitrogen and oxygen atoms in total.